The van der Waals surface area contributed by atoms with E-state index in [0.29, 0.717) is 5.69 Å². The average Bonchev–Trinajstić information content (AvgIpc) is 2.43. The molecular weight excluding hydrogens is 272 g/mol. The molecule has 1 heterocycles. The van der Waals surface area contributed by atoms with Gasteiger partial charge in [-0.3, -0.25) is 9.59 Å². The number of anilines is 1. The number of aromatic carboxylic acids is 1. The van der Waals surface area contributed by atoms with Crippen LogP contribution in [0.25, 0.3) is 0 Å². The normalized spacial score (nSPS) is 10.1. The lowest BCUT2D eigenvalue weighted by molar-refractivity contribution is -0.116. The first kappa shape index (κ1) is 14.5. The Balaban J connectivity index is 2.09. The summed E-state index contributed by atoms with van der Waals surface area (Å²) in [6.45, 7) is 1.87. The highest BCUT2D eigenvalue weighted by molar-refractivity contribution is 5.91. The first-order valence-corrected chi connectivity index (χ1v) is 6.25. The van der Waals surface area contributed by atoms with Gasteiger partial charge in [0.25, 0.3) is 0 Å². The minimum atomic E-state index is -1.31. The molecule has 0 saturated heterocycles. The van der Waals surface area contributed by atoms with Crippen LogP contribution in [-0.4, -0.2) is 21.6 Å². The summed E-state index contributed by atoms with van der Waals surface area (Å²) in [4.78, 5) is 34.1. The number of benzene rings is 1. The Morgan fingerprint density at radius 3 is 2.48 bits per heavy atom. The molecule has 0 saturated carbocycles. The van der Waals surface area contributed by atoms with Gasteiger partial charge in [0, 0.05) is 24.1 Å². The second-order valence-electron chi connectivity index (χ2n) is 4.61. The number of amides is 1. The first-order valence-electron chi connectivity index (χ1n) is 6.25. The van der Waals surface area contributed by atoms with Gasteiger partial charge in [-0.2, -0.15) is 0 Å². The van der Waals surface area contributed by atoms with Crippen LogP contribution in [0, 0.1) is 6.92 Å². The molecule has 2 N–H and O–H groups in total. The molecule has 1 amide bonds. The Hall–Kier alpha value is -2.89. The number of carboxylic acids is 1. The quantitative estimate of drug-likeness (QED) is 0.891. The van der Waals surface area contributed by atoms with E-state index in [9.17, 15) is 14.4 Å². The van der Waals surface area contributed by atoms with Crippen LogP contribution in [0.4, 0.5) is 5.69 Å². The zero-order chi connectivity index (χ0) is 15.4. The number of nitrogens with zero attached hydrogens (tertiary/aromatic N) is 1. The fraction of sp³-hybridized carbons (Fsp3) is 0.133. The van der Waals surface area contributed by atoms with Gasteiger partial charge in [-0.1, -0.05) is 17.7 Å². The number of hydrogen-bond donors (Lipinski definition) is 2. The Labute approximate surface area is 120 Å². The number of carboxylic acid groups (broad SMARTS) is 1. The highest BCUT2D eigenvalue weighted by Crippen LogP contribution is 2.08. The summed E-state index contributed by atoms with van der Waals surface area (Å²) >= 11 is 0. The minimum absolute atomic E-state index is 0.0750. The van der Waals surface area contributed by atoms with Gasteiger partial charge in [-0.15, -0.1) is 0 Å². The lowest BCUT2D eigenvalue weighted by Gasteiger charge is -2.08. The number of rotatable bonds is 4. The lowest BCUT2D eigenvalue weighted by Crippen LogP contribution is -2.22. The smallest absolute Gasteiger partial charge is 0.341 e. The molecule has 6 nitrogen and oxygen atoms in total. The van der Waals surface area contributed by atoms with Crippen molar-refractivity contribution in [2.24, 2.45) is 0 Å². The molecule has 2 rings (SSSR count). The maximum Gasteiger partial charge on any atom is 0.341 e. The zero-order valence-corrected chi connectivity index (χ0v) is 11.4. The van der Waals surface area contributed by atoms with Crippen molar-refractivity contribution in [2.45, 2.75) is 13.5 Å². The van der Waals surface area contributed by atoms with Crippen LogP contribution in [0.2, 0.25) is 0 Å². The SMILES string of the molecule is Cc1ccc(NC(=O)Cn2ccc(=O)c(C(=O)O)c2)cc1. The van der Waals surface area contributed by atoms with Crippen molar-refractivity contribution in [3.63, 3.8) is 0 Å². The van der Waals surface area contributed by atoms with Gasteiger partial charge in [-0.25, -0.2) is 4.79 Å². The Bertz CT molecular complexity index is 732. The molecule has 0 aliphatic carbocycles. The van der Waals surface area contributed by atoms with E-state index in [0.717, 1.165) is 17.8 Å². The highest BCUT2D eigenvalue weighted by atomic mass is 16.4. The number of carbonyl (C=O) groups is 2. The maximum absolute atomic E-state index is 11.9. The highest BCUT2D eigenvalue weighted by Gasteiger charge is 2.10. The Morgan fingerprint density at radius 2 is 1.86 bits per heavy atom. The van der Waals surface area contributed by atoms with E-state index < -0.39 is 11.4 Å². The molecule has 0 unspecified atom stereocenters. The molecule has 0 fully saturated rings. The van der Waals surface area contributed by atoms with Gasteiger partial charge < -0.3 is 15.0 Å². The van der Waals surface area contributed by atoms with E-state index in [2.05, 4.69) is 5.32 Å². The molecule has 0 atom stereocenters. The van der Waals surface area contributed by atoms with Crippen molar-refractivity contribution >= 4 is 17.6 Å². The fourth-order valence-corrected chi connectivity index (χ4v) is 1.79. The summed E-state index contributed by atoms with van der Waals surface area (Å²) in [5.41, 5.74) is 0.794. The van der Waals surface area contributed by atoms with Gasteiger partial charge in [0.15, 0.2) is 5.43 Å². The predicted molar refractivity (Wildman–Crippen MR) is 77.5 cm³/mol. The predicted octanol–water partition coefficient (Wildman–Crippen LogP) is 1.49. The number of aromatic nitrogens is 1. The number of carbonyl (C=O) groups excluding carboxylic acids is 1. The van der Waals surface area contributed by atoms with E-state index in [1.54, 1.807) is 12.1 Å². The topological polar surface area (TPSA) is 88.4 Å². The third-order valence-corrected chi connectivity index (χ3v) is 2.87. The number of hydrogen-bond acceptors (Lipinski definition) is 3. The van der Waals surface area contributed by atoms with Gasteiger partial charge in [0.1, 0.15) is 12.1 Å². The van der Waals surface area contributed by atoms with Gasteiger partial charge >= 0.3 is 5.97 Å². The molecule has 0 aliphatic heterocycles. The third kappa shape index (κ3) is 3.79. The monoisotopic (exact) mass is 286 g/mol. The van der Waals surface area contributed by atoms with Gasteiger partial charge in [0.05, 0.1) is 0 Å². The zero-order valence-electron chi connectivity index (χ0n) is 11.4. The largest absolute Gasteiger partial charge is 0.477 e. The van der Waals surface area contributed by atoms with Gasteiger partial charge in [-0.05, 0) is 19.1 Å². The van der Waals surface area contributed by atoms with Crippen LogP contribution in [0.1, 0.15) is 15.9 Å². The third-order valence-electron chi connectivity index (χ3n) is 2.87. The van der Waals surface area contributed by atoms with Crippen molar-refractivity contribution in [3.05, 3.63) is 64.1 Å². The summed E-state index contributed by atoms with van der Waals surface area (Å²) in [6, 6.07) is 8.43. The van der Waals surface area contributed by atoms with Crippen LogP contribution in [0.15, 0.2) is 47.5 Å². The molecule has 0 bridgehead atoms. The molecule has 108 valence electrons. The maximum atomic E-state index is 11.9. The Kier molecular flexibility index (Phi) is 4.18. The molecular formula is C15H14N2O4. The van der Waals surface area contributed by atoms with Crippen molar-refractivity contribution in [3.8, 4) is 0 Å². The van der Waals surface area contributed by atoms with E-state index in [4.69, 9.17) is 5.11 Å². The summed E-state index contributed by atoms with van der Waals surface area (Å²) < 4.78 is 1.36. The number of aryl methyl sites for hydroxylation is 1. The molecule has 0 aliphatic rings. The average molecular weight is 286 g/mol. The van der Waals surface area contributed by atoms with E-state index in [1.807, 2.05) is 19.1 Å². The molecule has 1 aromatic carbocycles. The molecule has 0 radical (unpaired) electrons. The molecule has 0 spiro atoms. The number of nitrogens with one attached hydrogen (secondary N) is 1. The lowest BCUT2D eigenvalue weighted by atomic mass is 10.2. The molecule has 6 heteroatoms. The van der Waals surface area contributed by atoms with Crippen LogP contribution in [-0.2, 0) is 11.3 Å². The van der Waals surface area contributed by atoms with Crippen molar-refractivity contribution < 1.29 is 14.7 Å². The van der Waals surface area contributed by atoms with E-state index >= 15 is 0 Å². The van der Waals surface area contributed by atoms with Crippen LogP contribution in [0.5, 0.6) is 0 Å². The molecule has 2 aromatic rings. The summed E-state index contributed by atoms with van der Waals surface area (Å²) in [5, 5.41) is 11.6. The van der Waals surface area contributed by atoms with E-state index in [1.165, 1.54) is 10.8 Å². The van der Waals surface area contributed by atoms with Crippen LogP contribution in [0.3, 0.4) is 0 Å². The summed E-state index contributed by atoms with van der Waals surface area (Å²) in [7, 11) is 0. The van der Waals surface area contributed by atoms with Crippen molar-refractivity contribution in [1.82, 2.24) is 4.57 Å². The van der Waals surface area contributed by atoms with Crippen LogP contribution < -0.4 is 10.7 Å². The standard InChI is InChI=1S/C15H14N2O4/c1-10-2-4-11(5-3-10)16-14(19)9-17-7-6-13(18)12(8-17)15(20)21/h2-8H,9H2,1H3,(H,16,19)(H,20,21). The molecule has 21 heavy (non-hydrogen) atoms. The second-order valence-corrected chi connectivity index (χ2v) is 4.61. The van der Waals surface area contributed by atoms with E-state index in [-0.39, 0.29) is 18.0 Å². The van der Waals surface area contributed by atoms with Gasteiger partial charge in [0.2, 0.25) is 5.91 Å². The first-order chi connectivity index (χ1) is 9.95. The Morgan fingerprint density at radius 1 is 1.19 bits per heavy atom. The summed E-state index contributed by atoms with van der Waals surface area (Å²) in [5.74, 6) is -1.62. The minimum Gasteiger partial charge on any atom is -0.477 e. The second kappa shape index (κ2) is 6.04. The van der Waals surface area contributed by atoms with Crippen molar-refractivity contribution in [2.75, 3.05) is 5.32 Å². The van der Waals surface area contributed by atoms with Crippen molar-refractivity contribution in [1.29, 1.82) is 0 Å². The fourth-order valence-electron chi connectivity index (χ4n) is 1.79. The van der Waals surface area contributed by atoms with Crippen LogP contribution >= 0.6 is 0 Å². The number of pyridine rings is 1. The summed E-state index contributed by atoms with van der Waals surface area (Å²) in [6.07, 6.45) is 2.53. The molecule has 1 aromatic heterocycles.